The van der Waals surface area contributed by atoms with Gasteiger partial charge in [0.25, 0.3) is 0 Å². The Balaban J connectivity index is 2.22. The summed E-state index contributed by atoms with van der Waals surface area (Å²) in [5.41, 5.74) is 1.21. The van der Waals surface area contributed by atoms with Gasteiger partial charge in [-0.3, -0.25) is 0 Å². The second kappa shape index (κ2) is 8.48. The van der Waals surface area contributed by atoms with Gasteiger partial charge in [-0.1, -0.05) is 36.4 Å². The zero-order valence-corrected chi connectivity index (χ0v) is 10.7. The van der Waals surface area contributed by atoms with E-state index in [1.54, 1.807) is 13.0 Å². The van der Waals surface area contributed by atoms with Crippen molar-refractivity contribution >= 4 is 5.97 Å². The summed E-state index contributed by atoms with van der Waals surface area (Å²) in [4.78, 5) is 11.0. The summed E-state index contributed by atoms with van der Waals surface area (Å²) in [6.07, 6.45) is 4.62. The maximum Gasteiger partial charge on any atom is 0.330 e. The van der Waals surface area contributed by atoms with E-state index >= 15 is 0 Å². The number of hydrogen-bond donors (Lipinski definition) is 1. The number of aliphatic hydroxyl groups excluding tert-OH is 1. The number of carbonyl (C=O) groups is 1. The van der Waals surface area contributed by atoms with E-state index < -0.39 is 6.10 Å². The van der Waals surface area contributed by atoms with Crippen LogP contribution in [0.4, 0.5) is 0 Å². The Hall–Kier alpha value is -1.61. The van der Waals surface area contributed by atoms with Crippen molar-refractivity contribution in [2.24, 2.45) is 0 Å². The lowest BCUT2D eigenvalue weighted by atomic mass is 10.1. The van der Waals surface area contributed by atoms with Gasteiger partial charge in [0.2, 0.25) is 0 Å². The van der Waals surface area contributed by atoms with Crippen molar-refractivity contribution < 1.29 is 14.6 Å². The van der Waals surface area contributed by atoms with Gasteiger partial charge in [-0.2, -0.15) is 0 Å². The topological polar surface area (TPSA) is 46.5 Å². The summed E-state index contributed by atoms with van der Waals surface area (Å²) in [6.45, 7) is 2.14. The molecular formula is C15H20O3. The molecule has 0 radical (unpaired) electrons. The average molecular weight is 248 g/mol. The van der Waals surface area contributed by atoms with Crippen molar-refractivity contribution in [3.05, 3.63) is 48.0 Å². The first-order valence-corrected chi connectivity index (χ1v) is 6.27. The van der Waals surface area contributed by atoms with Crippen LogP contribution < -0.4 is 0 Å². The van der Waals surface area contributed by atoms with Crippen LogP contribution in [0.25, 0.3) is 0 Å². The van der Waals surface area contributed by atoms with Crippen molar-refractivity contribution in [3.8, 4) is 0 Å². The van der Waals surface area contributed by atoms with Gasteiger partial charge in [0.15, 0.2) is 0 Å². The highest BCUT2D eigenvalue weighted by molar-refractivity contribution is 5.81. The molecule has 18 heavy (non-hydrogen) atoms. The number of ether oxygens (including phenoxy) is 1. The van der Waals surface area contributed by atoms with Crippen molar-refractivity contribution in [1.29, 1.82) is 0 Å². The highest BCUT2D eigenvalue weighted by Gasteiger charge is 2.03. The van der Waals surface area contributed by atoms with Gasteiger partial charge in [0.1, 0.15) is 0 Å². The van der Waals surface area contributed by atoms with E-state index in [2.05, 4.69) is 0 Å². The van der Waals surface area contributed by atoms with Crippen molar-refractivity contribution in [2.45, 2.75) is 32.3 Å². The number of esters is 1. The lowest BCUT2D eigenvalue weighted by Crippen LogP contribution is -2.07. The van der Waals surface area contributed by atoms with Crippen LogP contribution >= 0.6 is 0 Å². The van der Waals surface area contributed by atoms with Crippen LogP contribution in [-0.2, 0) is 16.0 Å². The Bertz CT molecular complexity index is 371. The van der Waals surface area contributed by atoms with E-state index in [0.717, 1.165) is 6.42 Å². The number of carbonyl (C=O) groups excluding carboxylic acids is 1. The molecule has 0 aliphatic rings. The van der Waals surface area contributed by atoms with Gasteiger partial charge in [0, 0.05) is 6.08 Å². The first kappa shape index (κ1) is 14.5. The molecule has 1 aromatic carbocycles. The van der Waals surface area contributed by atoms with Crippen LogP contribution in [0.1, 0.15) is 25.3 Å². The maximum atomic E-state index is 11.0. The summed E-state index contributed by atoms with van der Waals surface area (Å²) < 4.78 is 4.75. The van der Waals surface area contributed by atoms with Crippen LogP contribution in [0.2, 0.25) is 0 Å². The number of aliphatic hydroxyl groups is 1. The minimum atomic E-state index is -0.420. The van der Waals surface area contributed by atoms with Gasteiger partial charge >= 0.3 is 5.97 Å². The van der Waals surface area contributed by atoms with Crippen LogP contribution in [0.15, 0.2) is 42.5 Å². The van der Waals surface area contributed by atoms with E-state index in [9.17, 15) is 9.90 Å². The summed E-state index contributed by atoms with van der Waals surface area (Å²) >= 11 is 0. The zero-order chi connectivity index (χ0) is 13.2. The molecular weight excluding hydrogens is 228 g/mol. The number of hydrogen-bond acceptors (Lipinski definition) is 3. The normalized spacial score (nSPS) is 12.6. The van der Waals surface area contributed by atoms with E-state index in [1.807, 2.05) is 30.3 Å². The molecule has 0 saturated heterocycles. The van der Waals surface area contributed by atoms with Gasteiger partial charge in [-0.05, 0) is 31.7 Å². The Morgan fingerprint density at radius 2 is 2.11 bits per heavy atom. The lowest BCUT2D eigenvalue weighted by molar-refractivity contribution is -0.137. The molecule has 0 spiro atoms. The SMILES string of the molecule is CCOC(=O)/C=C\CC(O)CCc1ccccc1. The standard InChI is InChI=1S/C15H20O3/c1-2-18-15(17)10-6-9-14(16)12-11-13-7-4-3-5-8-13/h3-8,10,14,16H,2,9,11-12H2,1H3/b10-6-. The Labute approximate surface area is 108 Å². The average Bonchev–Trinajstić information content (AvgIpc) is 2.38. The van der Waals surface area contributed by atoms with Crippen molar-refractivity contribution in [3.63, 3.8) is 0 Å². The molecule has 0 heterocycles. The first-order chi connectivity index (χ1) is 8.72. The summed E-state index contributed by atoms with van der Waals surface area (Å²) in [7, 11) is 0. The summed E-state index contributed by atoms with van der Waals surface area (Å²) in [6, 6.07) is 10.0. The zero-order valence-electron chi connectivity index (χ0n) is 10.7. The maximum absolute atomic E-state index is 11.0. The fraction of sp³-hybridized carbons (Fsp3) is 0.400. The first-order valence-electron chi connectivity index (χ1n) is 6.27. The monoisotopic (exact) mass is 248 g/mol. The lowest BCUT2D eigenvalue weighted by Gasteiger charge is -2.07. The van der Waals surface area contributed by atoms with Gasteiger partial charge in [0.05, 0.1) is 12.7 Å². The fourth-order valence-corrected chi connectivity index (χ4v) is 1.61. The Morgan fingerprint density at radius 3 is 2.78 bits per heavy atom. The molecule has 1 aromatic rings. The van der Waals surface area contributed by atoms with Gasteiger partial charge in [-0.25, -0.2) is 4.79 Å². The predicted octanol–water partition coefficient (Wildman–Crippen LogP) is 2.49. The molecule has 3 heteroatoms. The number of rotatable bonds is 7. The molecule has 0 aromatic heterocycles. The molecule has 0 fully saturated rings. The number of benzene rings is 1. The van der Waals surface area contributed by atoms with Crippen LogP contribution in [0.5, 0.6) is 0 Å². The van der Waals surface area contributed by atoms with Crippen molar-refractivity contribution in [1.82, 2.24) is 0 Å². The molecule has 0 aliphatic carbocycles. The minimum Gasteiger partial charge on any atom is -0.463 e. The molecule has 98 valence electrons. The second-order valence-corrected chi connectivity index (χ2v) is 4.07. The largest absolute Gasteiger partial charge is 0.463 e. The Kier molecular flexibility index (Phi) is 6.81. The van der Waals surface area contributed by atoms with E-state index in [1.165, 1.54) is 11.6 Å². The Morgan fingerprint density at radius 1 is 1.39 bits per heavy atom. The molecule has 1 N–H and O–H groups in total. The second-order valence-electron chi connectivity index (χ2n) is 4.07. The molecule has 1 rings (SSSR count). The van der Waals surface area contributed by atoms with Crippen LogP contribution in [-0.4, -0.2) is 23.8 Å². The molecule has 0 amide bonds. The van der Waals surface area contributed by atoms with E-state index in [-0.39, 0.29) is 5.97 Å². The number of aryl methyl sites for hydroxylation is 1. The summed E-state index contributed by atoms with van der Waals surface area (Å²) in [5, 5.41) is 9.75. The molecule has 1 unspecified atom stereocenters. The van der Waals surface area contributed by atoms with E-state index in [4.69, 9.17) is 4.74 Å². The highest BCUT2D eigenvalue weighted by Crippen LogP contribution is 2.07. The molecule has 0 saturated carbocycles. The molecule has 1 atom stereocenters. The third-order valence-corrected chi connectivity index (χ3v) is 2.56. The predicted molar refractivity (Wildman–Crippen MR) is 71.2 cm³/mol. The van der Waals surface area contributed by atoms with Crippen molar-refractivity contribution in [2.75, 3.05) is 6.61 Å². The molecule has 0 aliphatic heterocycles. The molecule has 0 bridgehead atoms. The fourth-order valence-electron chi connectivity index (χ4n) is 1.61. The van der Waals surface area contributed by atoms with Crippen LogP contribution in [0, 0.1) is 0 Å². The van der Waals surface area contributed by atoms with Gasteiger partial charge in [-0.15, -0.1) is 0 Å². The quantitative estimate of drug-likeness (QED) is 0.595. The van der Waals surface area contributed by atoms with E-state index in [0.29, 0.717) is 19.4 Å². The summed E-state index contributed by atoms with van der Waals surface area (Å²) in [5.74, 6) is -0.354. The highest BCUT2D eigenvalue weighted by atomic mass is 16.5. The smallest absolute Gasteiger partial charge is 0.330 e. The third kappa shape index (κ3) is 6.21. The third-order valence-electron chi connectivity index (χ3n) is 2.56. The minimum absolute atomic E-state index is 0.354. The van der Waals surface area contributed by atoms with Gasteiger partial charge < -0.3 is 9.84 Å². The van der Waals surface area contributed by atoms with Crippen LogP contribution in [0.3, 0.4) is 0 Å². The molecule has 3 nitrogen and oxygen atoms in total.